The Kier molecular flexibility index (Phi) is 8.68. The molecule has 0 spiro atoms. The van der Waals surface area contributed by atoms with Crippen LogP contribution in [0.15, 0.2) is 48.5 Å². The quantitative estimate of drug-likeness (QED) is 0.445. The smallest absolute Gasteiger partial charge is 0.407 e. The number of hydrogen-bond donors (Lipinski definition) is 3. The highest BCUT2D eigenvalue weighted by atomic mass is 16.5. The van der Waals surface area contributed by atoms with Crippen LogP contribution in [0.3, 0.4) is 0 Å². The Bertz CT molecular complexity index is 974. The average molecular weight is 467 g/mol. The lowest BCUT2D eigenvalue weighted by molar-refractivity contribution is -0.142. The molecule has 34 heavy (non-hydrogen) atoms. The van der Waals surface area contributed by atoms with Crippen molar-refractivity contribution >= 4 is 18.0 Å². The van der Waals surface area contributed by atoms with Gasteiger partial charge in [0.05, 0.1) is 0 Å². The molecule has 7 nitrogen and oxygen atoms in total. The van der Waals surface area contributed by atoms with E-state index in [1.165, 1.54) is 0 Å². The summed E-state index contributed by atoms with van der Waals surface area (Å²) < 4.78 is 5.57. The van der Waals surface area contributed by atoms with Crippen molar-refractivity contribution in [2.24, 2.45) is 5.92 Å². The molecule has 0 aliphatic heterocycles. The fourth-order valence-corrected chi connectivity index (χ4v) is 4.42. The van der Waals surface area contributed by atoms with Gasteiger partial charge in [-0.25, -0.2) is 9.59 Å². The number of aliphatic carboxylic acids is 1. The first kappa shape index (κ1) is 25.3. The molecule has 0 bridgehead atoms. The van der Waals surface area contributed by atoms with Crippen molar-refractivity contribution in [2.75, 3.05) is 6.61 Å². The Hall–Kier alpha value is -3.35. The molecule has 1 aliphatic carbocycles. The van der Waals surface area contributed by atoms with E-state index in [4.69, 9.17) is 4.74 Å². The highest BCUT2D eigenvalue weighted by Crippen LogP contribution is 2.44. The van der Waals surface area contributed by atoms with Gasteiger partial charge in [-0.1, -0.05) is 82.1 Å². The number of rotatable bonds is 11. The van der Waals surface area contributed by atoms with E-state index in [0.717, 1.165) is 28.7 Å². The lowest BCUT2D eigenvalue weighted by Gasteiger charge is -2.23. The Morgan fingerprint density at radius 1 is 0.941 bits per heavy atom. The molecule has 2 aromatic rings. The van der Waals surface area contributed by atoms with Gasteiger partial charge in [-0.05, 0) is 41.0 Å². The van der Waals surface area contributed by atoms with E-state index in [-0.39, 0.29) is 18.4 Å². The van der Waals surface area contributed by atoms with Gasteiger partial charge in [-0.3, -0.25) is 4.79 Å². The number of carbonyl (C=O) groups is 3. The van der Waals surface area contributed by atoms with Gasteiger partial charge in [0.2, 0.25) is 5.91 Å². The molecule has 3 rings (SSSR count). The summed E-state index contributed by atoms with van der Waals surface area (Å²) >= 11 is 0. The summed E-state index contributed by atoms with van der Waals surface area (Å²) in [6.45, 7) is 5.97. The molecule has 0 fully saturated rings. The number of ether oxygens (including phenoxy) is 1. The van der Waals surface area contributed by atoms with Crippen molar-refractivity contribution in [1.29, 1.82) is 0 Å². The summed E-state index contributed by atoms with van der Waals surface area (Å²) in [4.78, 5) is 37.0. The van der Waals surface area contributed by atoms with Gasteiger partial charge in [-0.2, -0.15) is 0 Å². The van der Waals surface area contributed by atoms with Crippen molar-refractivity contribution in [1.82, 2.24) is 10.6 Å². The monoisotopic (exact) mass is 466 g/mol. The lowest BCUT2D eigenvalue weighted by Crippen LogP contribution is -2.52. The van der Waals surface area contributed by atoms with Gasteiger partial charge < -0.3 is 20.5 Å². The molecule has 2 atom stereocenters. The van der Waals surface area contributed by atoms with Crippen LogP contribution in [0.4, 0.5) is 4.79 Å². The Morgan fingerprint density at radius 2 is 1.53 bits per heavy atom. The van der Waals surface area contributed by atoms with Crippen LogP contribution in [0.25, 0.3) is 11.1 Å². The summed E-state index contributed by atoms with van der Waals surface area (Å²) in [6, 6.07) is 14.3. The molecular weight excluding hydrogens is 432 g/mol. The third kappa shape index (κ3) is 6.16. The Morgan fingerprint density at radius 3 is 2.06 bits per heavy atom. The van der Waals surface area contributed by atoms with Gasteiger partial charge in [0.25, 0.3) is 0 Å². The van der Waals surface area contributed by atoms with E-state index in [0.29, 0.717) is 19.3 Å². The molecule has 0 saturated carbocycles. The van der Waals surface area contributed by atoms with Crippen molar-refractivity contribution in [2.45, 2.75) is 64.5 Å². The number of nitrogens with one attached hydrogen (secondary N) is 2. The summed E-state index contributed by atoms with van der Waals surface area (Å²) in [7, 11) is 0. The number of amides is 2. The molecule has 7 heteroatoms. The van der Waals surface area contributed by atoms with Crippen molar-refractivity contribution in [3.05, 3.63) is 59.7 Å². The minimum atomic E-state index is -1.08. The number of hydrogen-bond acceptors (Lipinski definition) is 4. The molecule has 2 amide bonds. The zero-order chi connectivity index (χ0) is 24.7. The van der Waals surface area contributed by atoms with Crippen LogP contribution in [0, 0.1) is 5.92 Å². The summed E-state index contributed by atoms with van der Waals surface area (Å²) in [5.41, 5.74) is 4.48. The zero-order valence-electron chi connectivity index (χ0n) is 20.0. The standard InChI is InChI=1S/C27H34N2O5/c1-4-5-14-23(26(31)32)28-25(30)24(15-17(2)3)29-27(33)34-16-22-20-12-8-6-10-18(20)19-11-7-9-13-21(19)22/h6-13,17,22-24H,4-5,14-16H2,1-3H3,(H,28,30)(H,29,33)(H,31,32)/t23?,24-/m0/s1. The van der Waals surface area contributed by atoms with Crippen LogP contribution in [0.5, 0.6) is 0 Å². The van der Waals surface area contributed by atoms with Crippen LogP contribution in [-0.4, -0.2) is 41.8 Å². The number of alkyl carbamates (subject to hydrolysis) is 1. The van der Waals surface area contributed by atoms with Crippen LogP contribution >= 0.6 is 0 Å². The molecule has 0 saturated heterocycles. The molecule has 0 heterocycles. The fraction of sp³-hybridized carbons (Fsp3) is 0.444. The third-order valence-electron chi connectivity index (χ3n) is 6.12. The van der Waals surface area contributed by atoms with E-state index in [1.807, 2.05) is 57.2 Å². The topological polar surface area (TPSA) is 105 Å². The first-order valence-corrected chi connectivity index (χ1v) is 12.0. The summed E-state index contributed by atoms with van der Waals surface area (Å²) in [6.07, 6.45) is 1.54. The molecule has 0 aromatic heterocycles. The second-order valence-electron chi connectivity index (χ2n) is 9.19. The van der Waals surface area contributed by atoms with E-state index < -0.39 is 30.1 Å². The minimum absolute atomic E-state index is 0.0824. The number of fused-ring (bicyclic) bond motifs is 3. The van der Waals surface area contributed by atoms with Gasteiger partial charge in [0, 0.05) is 5.92 Å². The van der Waals surface area contributed by atoms with Crippen molar-refractivity contribution in [3.63, 3.8) is 0 Å². The third-order valence-corrected chi connectivity index (χ3v) is 6.12. The Labute approximate surface area is 200 Å². The van der Waals surface area contributed by atoms with E-state index in [9.17, 15) is 19.5 Å². The van der Waals surface area contributed by atoms with E-state index in [1.54, 1.807) is 0 Å². The van der Waals surface area contributed by atoms with Crippen LogP contribution in [0.1, 0.15) is 63.5 Å². The van der Waals surface area contributed by atoms with Crippen molar-refractivity contribution in [3.8, 4) is 11.1 Å². The predicted molar refractivity (Wildman–Crippen MR) is 131 cm³/mol. The van der Waals surface area contributed by atoms with Gasteiger partial charge in [0.15, 0.2) is 0 Å². The molecule has 1 unspecified atom stereocenters. The van der Waals surface area contributed by atoms with Crippen LogP contribution < -0.4 is 10.6 Å². The average Bonchev–Trinajstić information content (AvgIpc) is 3.13. The number of carboxylic acids is 1. The highest BCUT2D eigenvalue weighted by molar-refractivity contribution is 5.89. The first-order chi connectivity index (χ1) is 16.3. The molecule has 3 N–H and O–H groups in total. The molecule has 1 aliphatic rings. The maximum absolute atomic E-state index is 12.8. The predicted octanol–water partition coefficient (Wildman–Crippen LogP) is 4.70. The SMILES string of the molecule is CCCCC(NC(=O)[C@H](CC(C)C)NC(=O)OCC1c2ccccc2-c2ccccc21)C(=O)O. The molecular formula is C27H34N2O5. The van der Waals surface area contributed by atoms with Gasteiger partial charge >= 0.3 is 12.1 Å². The number of benzene rings is 2. The lowest BCUT2D eigenvalue weighted by atomic mass is 9.98. The Balaban J connectivity index is 1.65. The summed E-state index contributed by atoms with van der Waals surface area (Å²) in [5.74, 6) is -1.55. The second kappa shape index (κ2) is 11.7. The largest absolute Gasteiger partial charge is 0.480 e. The number of carbonyl (C=O) groups excluding carboxylic acids is 2. The number of carboxylic acid groups (broad SMARTS) is 1. The van der Waals surface area contributed by atoms with E-state index >= 15 is 0 Å². The maximum Gasteiger partial charge on any atom is 0.407 e. The number of unbranched alkanes of at least 4 members (excludes halogenated alkanes) is 1. The van der Waals surface area contributed by atoms with Crippen LogP contribution in [-0.2, 0) is 14.3 Å². The first-order valence-electron chi connectivity index (χ1n) is 12.0. The molecule has 182 valence electrons. The fourth-order valence-electron chi connectivity index (χ4n) is 4.42. The van der Waals surface area contributed by atoms with Gasteiger partial charge in [-0.15, -0.1) is 0 Å². The second-order valence-corrected chi connectivity index (χ2v) is 9.19. The van der Waals surface area contributed by atoms with Crippen molar-refractivity contribution < 1.29 is 24.2 Å². The highest BCUT2D eigenvalue weighted by Gasteiger charge is 2.31. The maximum atomic E-state index is 12.8. The zero-order valence-corrected chi connectivity index (χ0v) is 20.0. The normalized spacial score (nSPS) is 14.1. The van der Waals surface area contributed by atoms with E-state index in [2.05, 4.69) is 22.8 Å². The molecule has 0 radical (unpaired) electrons. The van der Waals surface area contributed by atoms with Gasteiger partial charge in [0.1, 0.15) is 18.7 Å². The van der Waals surface area contributed by atoms with Crippen LogP contribution in [0.2, 0.25) is 0 Å². The molecule has 2 aromatic carbocycles. The summed E-state index contributed by atoms with van der Waals surface area (Å²) in [5, 5.41) is 14.7. The minimum Gasteiger partial charge on any atom is -0.480 e.